The zero-order valence-corrected chi connectivity index (χ0v) is 12.4. The van der Waals surface area contributed by atoms with Crippen LogP contribution < -0.4 is 0 Å². The summed E-state index contributed by atoms with van der Waals surface area (Å²) >= 11 is 5.74. The molecule has 0 saturated carbocycles. The summed E-state index contributed by atoms with van der Waals surface area (Å²) in [6.45, 7) is -0.409. The van der Waals surface area contributed by atoms with Crippen LogP contribution >= 0.6 is 11.6 Å². The molecule has 1 aromatic carbocycles. The molecule has 9 heteroatoms. The first-order valence-corrected chi connectivity index (χ1v) is 6.76. The largest absolute Gasteiger partial charge is 0.644 e. The third-order valence-electron chi connectivity index (χ3n) is 2.89. The molecule has 6 nitrogen and oxygen atoms in total. The topological polar surface area (TPSA) is 72.9 Å². The molecule has 1 fully saturated rings. The Morgan fingerprint density at radius 3 is 2.45 bits per heavy atom. The lowest BCUT2D eigenvalue weighted by atomic mass is 9.77. The van der Waals surface area contributed by atoms with Gasteiger partial charge in [-0.05, 0) is 19.2 Å². The predicted octanol–water partition coefficient (Wildman–Crippen LogP) is 0.920. The van der Waals surface area contributed by atoms with Crippen molar-refractivity contribution < 1.29 is 28.1 Å². The Bertz CT molecular complexity index is 594. The molecule has 2 rings (SSSR count). The smallest absolute Gasteiger partial charge is 0.496 e. The molecule has 1 atom stereocenters. The number of carbonyl (C=O) groups is 3. The standard InChI is InChI=1S/C13H12BClFNO5/c1-17-6-10(18)21-14(22-11(19)7-17)13(16)12(20)8-3-2-4-9(15)5-8/h2-5,13H,6-7H2,1H3/t13-/m0/s1. The monoisotopic (exact) mass is 327 g/mol. The van der Waals surface area contributed by atoms with Crippen molar-refractivity contribution in [2.45, 2.75) is 6.07 Å². The van der Waals surface area contributed by atoms with Crippen LogP contribution in [-0.4, -0.2) is 55.9 Å². The maximum atomic E-state index is 14.3. The minimum absolute atomic E-state index is 0.00808. The summed E-state index contributed by atoms with van der Waals surface area (Å²) in [4.78, 5) is 36.5. The molecule has 1 saturated heterocycles. The van der Waals surface area contributed by atoms with Gasteiger partial charge in [0.05, 0.1) is 13.1 Å². The highest BCUT2D eigenvalue weighted by atomic mass is 35.5. The highest BCUT2D eigenvalue weighted by molar-refractivity contribution is 6.56. The van der Waals surface area contributed by atoms with Gasteiger partial charge in [-0.3, -0.25) is 19.3 Å². The van der Waals surface area contributed by atoms with E-state index >= 15 is 0 Å². The van der Waals surface area contributed by atoms with Crippen LogP contribution in [0.5, 0.6) is 0 Å². The van der Waals surface area contributed by atoms with Crippen molar-refractivity contribution in [3.05, 3.63) is 34.9 Å². The molecular weight excluding hydrogens is 315 g/mol. The van der Waals surface area contributed by atoms with Gasteiger partial charge in [0.2, 0.25) is 6.07 Å². The Morgan fingerprint density at radius 2 is 1.91 bits per heavy atom. The van der Waals surface area contributed by atoms with Crippen LogP contribution in [0.4, 0.5) is 4.39 Å². The maximum Gasteiger partial charge on any atom is 0.644 e. The van der Waals surface area contributed by atoms with Crippen LogP contribution in [0.1, 0.15) is 10.4 Å². The van der Waals surface area contributed by atoms with Crippen molar-refractivity contribution in [3.8, 4) is 0 Å². The molecule has 0 aliphatic carbocycles. The molecule has 1 aliphatic heterocycles. The quantitative estimate of drug-likeness (QED) is 0.607. The summed E-state index contributed by atoms with van der Waals surface area (Å²) in [7, 11) is -0.396. The molecular formula is C13H12BClFNO5. The highest BCUT2D eigenvalue weighted by Crippen LogP contribution is 2.16. The highest BCUT2D eigenvalue weighted by Gasteiger charge is 2.44. The first-order valence-electron chi connectivity index (χ1n) is 6.38. The van der Waals surface area contributed by atoms with Crippen molar-refractivity contribution in [1.29, 1.82) is 0 Å². The van der Waals surface area contributed by atoms with E-state index in [1.807, 2.05) is 0 Å². The fourth-order valence-electron chi connectivity index (χ4n) is 1.90. The number of alkyl halides is 1. The van der Waals surface area contributed by atoms with Crippen molar-refractivity contribution in [3.63, 3.8) is 0 Å². The number of hydrogen-bond donors (Lipinski definition) is 0. The molecule has 0 unspecified atom stereocenters. The predicted molar refractivity (Wildman–Crippen MR) is 76.1 cm³/mol. The van der Waals surface area contributed by atoms with Crippen molar-refractivity contribution >= 4 is 36.4 Å². The number of nitrogens with zero attached hydrogens (tertiary/aromatic N) is 1. The molecule has 0 aromatic heterocycles. The van der Waals surface area contributed by atoms with Crippen LogP contribution in [0.15, 0.2) is 24.3 Å². The van der Waals surface area contributed by atoms with Gasteiger partial charge in [0.15, 0.2) is 5.78 Å². The van der Waals surface area contributed by atoms with Crippen molar-refractivity contribution in [1.82, 2.24) is 4.90 Å². The van der Waals surface area contributed by atoms with Gasteiger partial charge in [-0.25, -0.2) is 4.39 Å². The lowest BCUT2D eigenvalue weighted by Gasteiger charge is -2.23. The molecule has 1 aliphatic rings. The van der Waals surface area contributed by atoms with E-state index in [4.69, 9.17) is 20.9 Å². The summed E-state index contributed by atoms with van der Waals surface area (Å²) in [5.74, 6) is -2.56. The lowest BCUT2D eigenvalue weighted by molar-refractivity contribution is -0.146. The molecule has 0 bridgehead atoms. The van der Waals surface area contributed by atoms with E-state index in [0.717, 1.165) is 0 Å². The van der Waals surface area contributed by atoms with E-state index in [9.17, 15) is 18.8 Å². The van der Waals surface area contributed by atoms with Crippen molar-refractivity contribution in [2.75, 3.05) is 20.1 Å². The average Bonchev–Trinajstić information content (AvgIpc) is 2.43. The number of hydrogen-bond acceptors (Lipinski definition) is 6. The summed E-state index contributed by atoms with van der Waals surface area (Å²) in [5.41, 5.74) is -0.00808. The third kappa shape index (κ3) is 4.05. The van der Waals surface area contributed by atoms with E-state index < -0.39 is 30.9 Å². The lowest BCUT2D eigenvalue weighted by Crippen LogP contribution is -2.48. The van der Waals surface area contributed by atoms with E-state index in [1.165, 1.54) is 36.2 Å². The Balaban J connectivity index is 2.15. The molecule has 22 heavy (non-hydrogen) atoms. The molecule has 116 valence electrons. The fourth-order valence-corrected chi connectivity index (χ4v) is 2.09. The molecule has 1 heterocycles. The first kappa shape index (κ1) is 16.4. The Hall–Kier alpha value is -1.93. The number of carbonyl (C=O) groups excluding carboxylic acids is 3. The molecule has 0 amide bonds. The number of halogens is 2. The Labute approximate surface area is 131 Å². The first-order chi connectivity index (χ1) is 10.4. The van der Waals surface area contributed by atoms with Gasteiger partial charge >= 0.3 is 19.1 Å². The second-order valence-corrected chi connectivity index (χ2v) is 5.23. The zero-order chi connectivity index (χ0) is 16.3. The second-order valence-electron chi connectivity index (χ2n) is 4.80. The van der Waals surface area contributed by atoms with Gasteiger partial charge in [-0.2, -0.15) is 0 Å². The van der Waals surface area contributed by atoms with Gasteiger partial charge < -0.3 is 9.31 Å². The minimum Gasteiger partial charge on any atom is -0.496 e. The van der Waals surface area contributed by atoms with Crippen molar-refractivity contribution in [2.24, 2.45) is 0 Å². The number of likely N-dealkylation sites (N-methyl/N-ethyl adjacent to an activating group) is 1. The summed E-state index contributed by atoms with van der Waals surface area (Å²) in [6, 6.07) is 5.64. The van der Waals surface area contributed by atoms with E-state index in [0.29, 0.717) is 0 Å². The van der Waals surface area contributed by atoms with Gasteiger partial charge in [-0.15, -0.1) is 0 Å². The Kier molecular flexibility index (Phi) is 5.15. The van der Waals surface area contributed by atoms with E-state index in [2.05, 4.69) is 0 Å². The molecule has 1 aromatic rings. The average molecular weight is 328 g/mol. The number of rotatable bonds is 3. The molecule has 0 N–H and O–H groups in total. The molecule has 0 spiro atoms. The van der Waals surface area contributed by atoms with Crippen LogP contribution in [0, 0.1) is 0 Å². The second kappa shape index (κ2) is 6.89. The minimum atomic E-state index is -2.32. The third-order valence-corrected chi connectivity index (χ3v) is 3.13. The van der Waals surface area contributed by atoms with Crippen LogP contribution in [0.3, 0.4) is 0 Å². The summed E-state index contributed by atoms with van der Waals surface area (Å²) < 4.78 is 23.7. The van der Waals surface area contributed by atoms with E-state index in [1.54, 1.807) is 0 Å². The van der Waals surface area contributed by atoms with Gasteiger partial charge in [0, 0.05) is 10.6 Å². The maximum absolute atomic E-state index is 14.3. The SMILES string of the molecule is CN1CC(=O)OB([C@@H](F)C(=O)c2cccc(Cl)c2)OC(=O)C1. The van der Waals surface area contributed by atoms with Crippen LogP contribution in [0.2, 0.25) is 5.02 Å². The normalized spacial score (nSPS) is 18.0. The number of ketones is 1. The molecule has 0 radical (unpaired) electrons. The van der Waals surface area contributed by atoms with Gasteiger partial charge in [-0.1, -0.05) is 23.7 Å². The number of Topliss-reactive ketones (excluding diaryl/α,β-unsaturated/α-hetero) is 1. The fraction of sp³-hybridized carbons (Fsp3) is 0.308. The number of benzene rings is 1. The Morgan fingerprint density at radius 1 is 1.32 bits per heavy atom. The van der Waals surface area contributed by atoms with E-state index in [-0.39, 0.29) is 23.7 Å². The van der Waals surface area contributed by atoms with Gasteiger partial charge in [0.25, 0.3) is 0 Å². The zero-order valence-electron chi connectivity index (χ0n) is 11.6. The summed E-state index contributed by atoms with van der Waals surface area (Å²) in [5, 5.41) is 0.256. The van der Waals surface area contributed by atoms with Gasteiger partial charge in [0.1, 0.15) is 0 Å². The van der Waals surface area contributed by atoms with Crippen LogP contribution in [0.25, 0.3) is 0 Å². The summed E-state index contributed by atoms with van der Waals surface area (Å²) in [6.07, 6.45) is -2.32. The van der Waals surface area contributed by atoms with Crippen LogP contribution in [-0.2, 0) is 18.9 Å².